The van der Waals surface area contributed by atoms with E-state index in [0.717, 1.165) is 0 Å². The third-order valence-electron chi connectivity index (χ3n) is 6.08. The van der Waals surface area contributed by atoms with Crippen LogP contribution in [0, 0.1) is 82.0 Å². The molecule has 0 aliphatic carbocycles. The minimum Gasteiger partial charge on any atom is -0.543 e. The number of hydrogen-bond acceptors (Lipinski definition) is 9. The van der Waals surface area contributed by atoms with Gasteiger partial charge in [-0.25, -0.2) is 11.2 Å². The van der Waals surface area contributed by atoms with Gasteiger partial charge in [0.1, 0.15) is 12.2 Å². The first-order valence-corrected chi connectivity index (χ1v) is 13.5. The molecule has 13 heteroatoms. The summed E-state index contributed by atoms with van der Waals surface area (Å²) in [6.07, 6.45) is -0.753. The molecule has 4 aliphatic heterocycles. The summed E-state index contributed by atoms with van der Waals surface area (Å²) in [5.41, 5.74) is -1.31. The summed E-state index contributed by atoms with van der Waals surface area (Å²) in [4.78, 5) is 3.40. The van der Waals surface area contributed by atoms with Gasteiger partial charge in [-0.1, -0.05) is 0 Å². The molecule has 1 unspecified atom stereocenters. The maximum absolute atomic E-state index is 7.87. The summed E-state index contributed by atoms with van der Waals surface area (Å²) in [7, 11) is -1.42. The fourth-order valence-corrected chi connectivity index (χ4v) is 7.41. The Morgan fingerprint density at radius 1 is 1.17 bits per heavy atom. The van der Waals surface area contributed by atoms with Crippen molar-refractivity contribution < 1.29 is 96.3 Å². The summed E-state index contributed by atoms with van der Waals surface area (Å²) in [6.45, 7) is 20.8. The average Bonchev–Trinajstić information content (AvgIpc) is 3.54. The Kier molecular flexibility index (Phi) is 13.2. The van der Waals surface area contributed by atoms with E-state index in [-0.39, 0.29) is 111 Å². The van der Waals surface area contributed by atoms with Crippen molar-refractivity contribution in [3.8, 4) is 0 Å². The van der Waals surface area contributed by atoms with Gasteiger partial charge in [0.05, 0.1) is 37.5 Å². The molecule has 4 saturated heterocycles. The second kappa shape index (κ2) is 14.6. The summed E-state index contributed by atoms with van der Waals surface area (Å²) < 4.78 is 52.2. The van der Waals surface area contributed by atoms with Crippen LogP contribution in [0.15, 0.2) is 0 Å². The van der Waals surface area contributed by atoms with Crippen molar-refractivity contribution in [1.29, 1.82) is 0 Å². The summed E-state index contributed by atoms with van der Waals surface area (Å²) in [6, 6.07) is 0.416. The van der Waals surface area contributed by atoms with Gasteiger partial charge in [-0.3, -0.25) is 0 Å². The first-order chi connectivity index (χ1) is 16.4. The predicted molar refractivity (Wildman–Crippen MR) is 125 cm³/mol. The van der Waals surface area contributed by atoms with Gasteiger partial charge in [-0.05, 0) is 46.8 Å². The van der Waals surface area contributed by atoms with Crippen molar-refractivity contribution in [2.75, 3.05) is 38.9 Å². The van der Waals surface area contributed by atoms with Gasteiger partial charge in [0.2, 0.25) is 6.54 Å². The Labute approximate surface area is 264 Å². The van der Waals surface area contributed by atoms with Crippen molar-refractivity contribution in [3.05, 3.63) is 24.6 Å². The van der Waals surface area contributed by atoms with Crippen LogP contribution in [0.25, 0.3) is 4.85 Å². The Morgan fingerprint density at radius 3 is 2.46 bits per heavy atom. The SMILES string of the molecule is [2H]C[C@@]12CO[C@@H]([CH-]O1)[C@@H]2SCOC[C@@]12CO[C@@H]([CH-]O1)[C@@H]2OP(OCC[N+]#[C-])N(C(C)C)C(C)C.[U].[U]. The van der Waals surface area contributed by atoms with Crippen LogP contribution in [-0.2, 0) is 32.7 Å². The number of thioether (sulfide) groups is 1. The number of rotatable bonds is 13. The molecule has 0 aromatic heterocycles. The number of ether oxygens (including phenoxy) is 5. The summed E-state index contributed by atoms with van der Waals surface area (Å²) in [5.74, 6) is 0.423. The molecule has 0 aromatic carbocycles. The van der Waals surface area contributed by atoms with Crippen molar-refractivity contribution >= 4 is 20.3 Å². The largest absolute Gasteiger partial charge is 0.543 e. The molecular weight excluding hydrogens is 943 g/mol. The monoisotopic (exact) mass is 979 g/mol. The van der Waals surface area contributed by atoms with E-state index in [2.05, 4.69) is 37.2 Å². The molecule has 7 atom stereocenters. The van der Waals surface area contributed by atoms with Gasteiger partial charge < -0.3 is 37.6 Å². The van der Waals surface area contributed by atoms with Crippen LogP contribution in [-0.4, -0.2) is 90.4 Å². The van der Waals surface area contributed by atoms with Crippen molar-refractivity contribution in [2.45, 2.75) is 81.4 Å². The third-order valence-corrected chi connectivity index (χ3v) is 9.55. The van der Waals surface area contributed by atoms with Crippen LogP contribution in [0.3, 0.4) is 0 Å². The maximum Gasteiger partial charge on any atom is 0.259 e. The first-order valence-electron chi connectivity index (χ1n) is 12.0. The fraction of sp³-hybridized carbons (Fsp3) is 0.864. The van der Waals surface area contributed by atoms with Gasteiger partial charge in [-0.2, -0.15) is 13.2 Å². The molecule has 0 N–H and O–H groups in total. The minimum absolute atomic E-state index is 0. The van der Waals surface area contributed by atoms with Crippen molar-refractivity contribution in [2.24, 2.45) is 0 Å². The second-order valence-electron chi connectivity index (χ2n) is 9.29. The van der Waals surface area contributed by atoms with Gasteiger partial charge in [-0.15, -0.1) is 11.8 Å². The number of fused-ring (bicyclic) bond motifs is 4. The molecule has 0 radical (unpaired) electrons. The molecule has 4 aliphatic rings. The van der Waals surface area contributed by atoms with E-state index in [1.807, 2.05) is 0 Å². The van der Waals surface area contributed by atoms with Gasteiger partial charge in [0, 0.05) is 80.9 Å². The van der Waals surface area contributed by atoms with E-state index in [1.54, 1.807) is 25.0 Å². The van der Waals surface area contributed by atoms with Gasteiger partial charge in [0.15, 0.2) is 0 Å². The van der Waals surface area contributed by atoms with Gasteiger partial charge in [0.25, 0.3) is 8.53 Å². The summed E-state index contributed by atoms with van der Waals surface area (Å²) >= 11 is 1.61. The molecule has 0 spiro atoms. The Hall–Kier alpha value is 2.05. The molecule has 0 saturated carbocycles. The second-order valence-corrected chi connectivity index (χ2v) is 11.8. The Morgan fingerprint density at radius 2 is 1.89 bits per heavy atom. The van der Waals surface area contributed by atoms with Crippen molar-refractivity contribution in [3.63, 3.8) is 0 Å². The molecule has 9 nitrogen and oxygen atoms in total. The molecule has 4 bridgehead atoms. The van der Waals surface area contributed by atoms with Crippen LogP contribution in [0.1, 0.15) is 36.0 Å². The molecule has 0 aromatic rings. The molecule has 4 heterocycles. The van der Waals surface area contributed by atoms with E-state index < -0.39 is 19.7 Å². The predicted octanol–water partition coefficient (Wildman–Crippen LogP) is 3.41. The minimum atomic E-state index is -1.42. The smallest absolute Gasteiger partial charge is 0.259 e. The normalized spacial score (nSPS) is 36.3. The number of hydrogen-bond donors (Lipinski definition) is 0. The molecule has 35 heavy (non-hydrogen) atoms. The van der Waals surface area contributed by atoms with E-state index >= 15 is 0 Å². The van der Waals surface area contributed by atoms with E-state index in [1.165, 1.54) is 0 Å². The molecule has 0 amide bonds. The molecular formula is C22H35N2O7PSU2-2. The Balaban J connectivity index is 0.00000228. The van der Waals surface area contributed by atoms with Gasteiger partial charge >= 0.3 is 0 Å². The standard InChI is InChI=1S/C22H35N2O7PS.2U/c1-15(2)24(16(3)4)32(30-8-7-23-6)31-19-17-9-29-22(19,13-27-17)12-25-14-33-20-18-10-28-21(20,5)11-26-18;;/h9-10,15-20H,7-8,11-14H2,1-5H3;;/q-2;;/t17-,18-,19-,20-,21-,22-,32?;;/m0../s1/i5D;;. The fourth-order valence-electron chi connectivity index (χ4n) is 4.52. The molecule has 4 rings (SSSR count). The van der Waals surface area contributed by atoms with Crippen LogP contribution in [0.5, 0.6) is 0 Å². The van der Waals surface area contributed by atoms with Crippen molar-refractivity contribution in [1.82, 2.24) is 4.67 Å². The Bertz CT molecular complexity index is 717. The number of nitrogens with zero attached hydrogens (tertiary/aromatic N) is 2. The van der Waals surface area contributed by atoms with E-state index in [9.17, 15) is 0 Å². The van der Waals surface area contributed by atoms with Crippen LogP contribution in [0.2, 0.25) is 0 Å². The zero-order valence-corrected chi connectivity index (χ0v) is 30.7. The quantitative estimate of drug-likeness (QED) is 0.120. The summed E-state index contributed by atoms with van der Waals surface area (Å²) in [5, 5.41) is 0.0486. The zero-order chi connectivity index (χ0) is 24.3. The average molecular weight is 980 g/mol. The first kappa shape index (κ1) is 31.6. The molecule has 4 fully saturated rings. The maximum atomic E-state index is 7.87. The van der Waals surface area contributed by atoms with Crippen LogP contribution >= 0.6 is 20.3 Å². The zero-order valence-electron chi connectivity index (χ0n) is 21.7. The molecule has 196 valence electrons. The van der Waals surface area contributed by atoms with E-state index in [0.29, 0.717) is 32.4 Å². The topological polar surface area (TPSA) is 72.2 Å². The van der Waals surface area contributed by atoms with Crippen LogP contribution in [0.4, 0.5) is 0 Å². The van der Waals surface area contributed by atoms with Crippen LogP contribution < -0.4 is 0 Å². The third kappa shape index (κ3) is 7.42. The van der Waals surface area contributed by atoms with E-state index in [4.69, 9.17) is 40.7 Å².